The fourth-order valence-electron chi connectivity index (χ4n) is 4.81. The molecule has 0 bridgehead atoms. The second-order valence-corrected chi connectivity index (χ2v) is 8.22. The molecule has 1 amide bonds. The van der Waals surface area contributed by atoms with Crippen LogP contribution in [0.15, 0.2) is 48.5 Å². The maximum atomic E-state index is 13.3. The molecule has 0 saturated carbocycles. The van der Waals surface area contributed by atoms with Crippen LogP contribution in [0.4, 0.5) is 5.69 Å². The second kappa shape index (κ2) is 7.24. The molecule has 5 nitrogen and oxygen atoms in total. The summed E-state index contributed by atoms with van der Waals surface area (Å²) in [6.07, 6.45) is 2.61. The van der Waals surface area contributed by atoms with E-state index in [-0.39, 0.29) is 11.9 Å². The second-order valence-electron chi connectivity index (χ2n) is 8.22. The van der Waals surface area contributed by atoms with Gasteiger partial charge in [-0.05, 0) is 62.8 Å². The minimum Gasteiger partial charge on any atom is -0.449 e. The third-order valence-corrected chi connectivity index (χ3v) is 6.20. The highest BCUT2D eigenvalue weighted by molar-refractivity contribution is 6.07. The van der Waals surface area contributed by atoms with Gasteiger partial charge >= 0.3 is 5.97 Å². The van der Waals surface area contributed by atoms with E-state index in [1.165, 1.54) is 0 Å². The first-order valence-electron chi connectivity index (χ1n) is 10.6. The molecule has 3 aromatic rings. The number of carbonyl (C=O) groups is 2. The Morgan fingerprint density at radius 1 is 1.10 bits per heavy atom. The van der Waals surface area contributed by atoms with Crippen LogP contribution in [0, 0.1) is 0 Å². The number of amides is 1. The summed E-state index contributed by atoms with van der Waals surface area (Å²) >= 11 is 0. The van der Waals surface area contributed by atoms with Crippen LogP contribution < -0.4 is 4.90 Å². The molecule has 2 aromatic carbocycles. The van der Waals surface area contributed by atoms with Crippen LogP contribution in [0.5, 0.6) is 0 Å². The largest absolute Gasteiger partial charge is 0.449 e. The summed E-state index contributed by atoms with van der Waals surface area (Å²) < 4.78 is 5.75. The van der Waals surface area contributed by atoms with Crippen LogP contribution >= 0.6 is 0 Å². The lowest BCUT2D eigenvalue weighted by Crippen LogP contribution is -2.43. The summed E-state index contributed by atoms with van der Waals surface area (Å²) in [7, 11) is 0. The number of hydrogen-bond acceptors (Lipinski definition) is 4. The fourth-order valence-corrected chi connectivity index (χ4v) is 4.81. The third-order valence-electron chi connectivity index (χ3n) is 6.20. The van der Waals surface area contributed by atoms with Crippen LogP contribution in [-0.2, 0) is 28.8 Å². The smallest absolute Gasteiger partial charge is 0.339 e. The number of rotatable bonds is 3. The molecule has 2 aliphatic rings. The normalized spacial score (nSPS) is 18.2. The standard InChI is InChI=1S/C25H24N2O3/c1-15-14-17-8-3-6-13-22(17)27(15)24(28)16(2)30-25(29)23-18-9-4-5-11-20(18)26-21-12-7-10-19(21)23/h3-6,8-9,11,13,15-16H,7,10,12,14H2,1-2H3/t15-,16+/m1/s1. The van der Waals surface area contributed by atoms with Gasteiger partial charge in [0.15, 0.2) is 6.10 Å². The average molecular weight is 400 g/mol. The first-order valence-corrected chi connectivity index (χ1v) is 10.6. The summed E-state index contributed by atoms with van der Waals surface area (Å²) in [4.78, 5) is 33.0. The molecule has 0 N–H and O–H groups in total. The number of benzene rings is 2. The molecule has 5 heteroatoms. The highest BCUT2D eigenvalue weighted by atomic mass is 16.5. The minimum atomic E-state index is -0.866. The molecule has 5 rings (SSSR count). The Labute approximate surface area is 175 Å². The van der Waals surface area contributed by atoms with Crippen molar-refractivity contribution < 1.29 is 14.3 Å². The maximum absolute atomic E-state index is 13.3. The molecule has 0 fully saturated rings. The van der Waals surface area contributed by atoms with E-state index in [1.807, 2.05) is 55.5 Å². The van der Waals surface area contributed by atoms with Gasteiger partial charge in [-0.1, -0.05) is 36.4 Å². The lowest BCUT2D eigenvalue weighted by Gasteiger charge is -2.26. The van der Waals surface area contributed by atoms with Gasteiger partial charge in [-0.3, -0.25) is 9.78 Å². The lowest BCUT2D eigenvalue weighted by atomic mass is 10.0. The highest BCUT2D eigenvalue weighted by Gasteiger charge is 2.35. The Balaban J connectivity index is 1.45. The number of fused-ring (bicyclic) bond motifs is 3. The Hall–Kier alpha value is -3.21. The highest BCUT2D eigenvalue weighted by Crippen LogP contribution is 2.33. The monoisotopic (exact) mass is 400 g/mol. The number of hydrogen-bond donors (Lipinski definition) is 0. The number of aromatic nitrogens is 1. The van der Waals surface area contributed by atoms with Crippen molar-refractivity contribution in [3.05, 3.63) is 70.9 Å². The van der Waals surface area contributed by atoms with Gasteiger partial charge in [-0.25, -0.2) is 4.79 Å². The molecule has 0 spiro atoms. The van der Waals surface area contributed by atoms with Gasteiger partial charge in [-0.15, -0.1) is 0 Å². The van der Waals surface area contributed by atoms with Crippen molar-refractivity contribution in [2.24, 2.45) is 0 Å². The number of para-hydroxylation sites is 2. The molecular formula is C25H24N2O3. The van der Waals surface area contributed by atoms with Crippen molar-refractivity contribution in [2.45, 2.75) is 51.7 Å². The van der Waals surface area contributed by atoms with Gasteiger partial charge in [-0.2, -0.15) is 0 Å². The van der Waals surface area contributed by atoms with E-state index in [9.17, 15) is 9.59 Å². The van der Waals surface area contributed by atoms with Gasteiger partial charge < -0.3 is 9.64 Å². The molecule has 30 heavy (non-hydrogen) atoms. The van der Waals surface area contributed by atoms with E-state index in [1.54, 1.807) is 11.8 Å². The van der Waals surface area contributed by atoms with Crippen molar-refractivity contribution in [3.63, 3.8) is 0 Å². The van der Waals surface area contributed by atoms with Gasteiger partial charge in [0.2, 0.25) is 0 Å². The van der Waals surface area contributed by atoms with Gasteiger partial charge in [0, 0.05) is 22.8 Å². The average Bonchev–Trinajstić information content (AvgIpc) is 3.34. The zero-order valence-electron chi connectivity index (χ0n) is 17.2. The number of anilines is 1. The van der Waals surface area contributed by atoms with E-state index >= 15 is 0 Å². The fraction of sp³-hybridized carbons (Fsp3) is 0.320. The zero-order chi connectivity index (χ0) is 20.8. The number of carbonyl (C=O) groups excluding carboxylic acids is 2. The van der Waals surface area contributed by atoms with Crippen LogP contribution in [0.25, 0.3) is 10.9 Å². The van der Waals surface area contributed by atoms with Gasteiger partial charge in [0.25, 0.3) is 5.91 Å². The van der Waals surface area contributed by atoms with E-state index in [4.69, 9.17) is 9.72 Å². The number of esters is 1. The van der Waals surface area contributed by atoms with Crippen LogP contribution in [-0.4, -0.2) is 29.0 Å². The molecule has 2 atom stereocenters. The summed E-state index contributed by atoms with van der Waals surface area (Å²) in [5.74, 6) is -0.622. The third kappa shape index (κ3) is 2.96. The van der Waals surface area contributed by atoms with Crippen molar-refractivity contribution in [1.82, 2.24) is 4.98 Å². The number of ether oxygens (including phenoxy) is 1. The minimum absolute atomic E-state index is 0.0436. The number of aryl methyl sites for hydroxylation is 1. The Morgan fingerprint density at radius 2 is 1.87 bits per heavy atom. The molecule has 0 saturated heterocycles. The molecule has 152 valence electrons. The quantitative estimate of drug-likeness (QED) is 0.617. The van der Waals surface area contributed by atoms with Gasteiger partial charge in [0.05, 0.1) is 11.1 Å². The summed E-state index contributed by atoms with van der Waals surface area (Å²) in [6, 6.07) is 15.6. The SMILES string of the molecule is C[C@H](OC(=O)c1c2c(nc3ccccc13)CCC2)C(=O)N1c2ccccc2C[C@H]1C. The molecule has 0 unspecified atom stereocenters. The van der Waals surface area contributed by atoms with E-state index in [0.717, 1.165) is 59.1 Å². The Morgan fingerprint density at radius 3 is 2.73 bits per heavy atom. The Kier molecular flexibility index (Phi) is 4.54. The summed E-state index contributed by atoms with van der Waals surface area (Å²) in [5.41, 5.74) is 5.37. The maximum Gasteiger partial charge on any atom is 0.339 e. The lowest BCUT2D eigenvalue weighted by molar-refractivity contribution is -0.126. The van der Waals surface area contributed by atoms with Crippen molar-refractivity contribution in [2.75, 3.05) is 4.90 Å². The van der Waals surface area contributed by atoms with E-state index < -0.39 is 12.1 Å². The molecular weight excluding hydrogens is 376 g/mol. The molecule has 0 radical (unpaired) electrons. The first kappa shape index (κ1) is 18.8. The molecule has 1 aromatic heterocycles. The zero-order valence-corrected chi connectivity index (χ0v) is 17.2. The van der Waals surface area contributed by atoms with E-state index in [0.29, 0.717) is 5.56 Å². The Bertz CT molecular complexity index is 1170. The van der Waals surface area contributed by atoms with Crippen molar-refractivity contribution in [3.8, 4) is 0 Å². The number of nitrogens with zero attached hydrogens (tertiary/aromatic N) is 2. The van der Waals surface area contributed by atoms with Crippen molar-refractivity contribution >= 4 is 28.5 Å². The predicted molar refractivity (Wildman–Crippen MR) is 116 cm³/mol. The van der Waals surface area contributed by atoms with E-state index in [2.05, 4.69) is 0 Å². The first-order chi connectivity index (χ1) is 14.5. The van der Waals surface area contributed by atoms with Crippen molar-refractivity contribution in [1.29, 1.82) is 0 Å². The number of pyridine rings is 1. The van der Waals surface area contributed by atoms with Crippen LogP contribution in [0.3, 0.4) is 0 Å². The molecule has 2 heterocycles. The molecule has 1 aliphatic heterocycles. The van der Waals surface area contributed by atoms with Gasteiger partial charge in [0.1, 0.15) is 0 Å². The predicted octanol–water partition coefficient (Wildman–Crippen LogP) is 4.25. The van der Waals surface area contributed by atoms with Crippen LogP contribution in [0.1, 0.15) is 47.4 Å². The van der Waals surface area contributed by atoms with Crippen LogP contribution in [0.2, 0.25) is 0 Å². The topological polar surface area (TPSA) is 59.5 Å². The summed E-state index contributed by atoms with van der Waals surface area (Å²) in [6.45, 7) is 3.69. The summed E-state index contributed by atoms with van der Waals surface area (Å²) in [5, 5.41) is 0.794. The molecule has 1 aliphatic carbocycles.